The van der Waals surface area contributed by atoms with Crippen LogP contribution in [0.1, 0.15) is 31.2 Å². The number of fused-ring (bicyclic) bond motifs is 1. The van der Waals surface area contributed by atoms with E-state index >= 15 is 0 Å². The first-order chi connectivity index (χ1) is 8.84. The Bertz CT molecular complexity index is 407. The van der Waals surface area contributed by atoms with Crippen LogP contribution >= 0.6 is 11.6 Å². The molecule has 3 rings (SSSR count). The molecular weight excluding hydrogens is 244 g/mol. The summed E-state index contributed by atoms with van der Waals surface area (Å²) in [4.78, 5) is 2.62. The highest BCUT2D eigenvalue weighted by Gasteiger charge is 2.34. The molecule has 2 fully saturated rings. The van der Waals surface area contributed by atoms with Crippen LogP contribution < -0.4 is 5.32 Å². The van der Waals surface area contributed by atoms with Gasteiger partial charge < -0.3 is 5.32 Å². The van der Waals surface area contributed by atoms with Gasteiger partial charge >= 0.3 is 0 Å². The fraction of sp³-hybridized carbons (Fsp3) is 0.600. The molecule has 98 valence electrons. The molecule has 1 aromatic rings. The van der Waals surface area contributed by atoms with Gasteiger partial charge in [0.05, 0.1) is 0 Å². The number of halogens is 1. The van der Waals surface area contributed by atoms with Gasteiger partial charge in [-0.25, -0.2) is 0 Å². The van der Waals surface area contributed by atoms with Crippen molar-refractivity contribution in [3.05, 3.63) is 34.9 Å². The molecule has 2 saturated heterocycles. The predicted molar refractivity (Wildman–Crippen MR) is 75.9 cm³/mol. The lowest BCUT2D eigenvalue weighted by Gasteiger charge is -2.27. The van der Waals surface area contributed by atoms with E-state index < -0.39 is 0 Å². The highest BCUT2D eigenvalue weighted by atomic mass is 35.5. The number of hydrogen-bond acceptors (Lipinski definition) is 2. The van der Waals surface area contributed by atoms with Gasteiger partial charge in [-0.2, -0.15) is 0 Å². The molecule has 2 aliphatic rings. The third-order valence-corrected chi connectivity index (χ3v) is 4.69. The van der Waals surface area contributed by atoms with E-state index in [1.165, 1.54) is 44.3 Å². The van der Waals surface area contributed by atoms with Gasteiger partial charge in [0.25, 0.3) is 0 Å². The van der Waals surface area contributed by atoms with Crippen LogP contribution in [0.25, 0.3) is 0 Å². The fourth-order valence-electron chi connectivity index (χ4n) is 3.35. The minimum absolute atomic E-state index is 0.704. The van der Waals surface area contributed by atoms with Gasteiger partial charge in [-0.05, 0) is 37.4 Å². The molecule has 0 saturated carbocycles. The maximum absolute atomic E-state index is 6.27. The molecule has 0 amide bonds. The molecule has 0 unspecified atom stereocenters. The lowest BCUT2D eigenvalue weighted by molar-refractivity contribution is 0.221. The summed E-state index contributed by atoms with van der Waals surface area (Å²) in [6.45, 7) is 3.40. The van der Waals surface area contributed by atoms with Crippen LogP contribution in [0, 0.1) is 0 Å². The Morgan fingerprint density at radius 2 is 2.11 bits per heavy atom. The second-order valence-electron chi connectivity index (χ2n) is 5.47. The number of nitrogens with one attached hydrogen (secondary N) is 1. The largest absolute Gasteiger partial charge is 0.312 e. The number of likely N-dealkylation sites (tertiary alicyclic amines) is 1. The molecule has 0 bridgehead atoms. The molecule has 1 aromatic carbocycles. The van der Waals surface area contributed by atoms with Gasteiger partial charge in [-0.3, -0.25) is 4.90 Å². The van der Waals surface area contributed by atoms with Crippen molar-refractivity contribution in [3.8, 4) is 0 Å². The predicted octanol–water partition coefficient (Wildman–Crippen LogP) is 3.06. The molecule has 0 aromatic heterocycles. The molecule has 2 aliphatic heterocycles. The summed E-state index contributed by atoms with van der Waals surface area (Å²) >= 11 is 6.27. The Morgan fingerprint density at radius 1 is 1.22 bits per heavy atom. The van der Waals surface area contributed by atoms with E-state index in [1.54, 1.807) is 0 Å². The van der Waals surface area contributed by atoms with Crippen LogP contribution in [0.2, 0.25) is 5.02 Å². The van der Waals surface area contributed by atoms with Crippen molar-refractivity contribution in [2.75, 3.05) is 13.1 Å². The monoisotopic (exact) mass is 264 g/mol. The summed E-state index contributed by atoms with van der Waals surface area (Å²) in [5, 5.41) is 4.60. The van der Waals surface area contributed by atoms with E-state index in [2.05, 4.69) is 22.3 Å². The zero-order valence-electron chi connectivity index (χ0n) is 10.7. The van der Waals surface area contributed by atoms with Crippen LogP contribution in [0.5, 0.6) is 0 Å². The smallest absolute Gasteiger partial charge is 0.0451 e. The zero-order valence-corrected chi connectivity index (χ0v) is 11.5. The van der Waals surface area contributed by atoms with Crippen molar-refractivity contribution >= 4 is 11.6 Å². The Labute approximate surface area is 114 Å². The first kappa shape index (κ1) is 12.5. The van der Waals surface area contributed by atoms with Gasteiger partial charge in [0, 0.05) is 30.2 Å². The molecule has 3 heteroatoms. The average molecular weight is 265 g/mol. The SMILES string of the molecule is Clc1ccccc1CN1CC[C@H]2NCCCC[C@H]21. The van der Waals surface area contributed by atoms with Crippen molar-refractivity contribution in [1.82, 2.24) is 10.2 Å². The average Bonchev–Trinajstić information content (AvgIpc) is 2.62. The Hall–Kier alpha value is -0.570. The zero-order chi connectivity index (χ0) is 12.4. The Kier molecular flexibility index (Phi) is 3.88. The van der Waals surface area contributed by atoms with E-state index in [4.69, 9.17) is 11.6 Å². The number of nitrogens with zero attached hydrogens (tertiary/aromatic N) is 1. The molecule has 18 heavy (non-hydrogen) atoms. The number of rotatable bonds is 2. The summed E-state index contributed by atoms with van der Waals surface area (Å²) in [6.07, 6.45) is 5.30. The summed E-state index contributed by atoms with van der Waals surface area (Å²) in [6, 6.07) is 9.65. The third kappa shape index (κ3) is 2.56. The molecule has 0 radical (unpaired) electrons. The van der Waals surface area contributed by atoms with Crippen molar-refractivity contribution in [1.29, 1.82) is 0 Å². The van der Waals surface area contributed by atoms with Crippen molar-refractivity contribution in [3.63, 3.8) is 0 Å². The molecule has 2 atom stereocenters. The number of benzene rings is 1. The van der Waals surface area contributed by atoms with Crippen LogP contribution in [-0.4, -0.2) is 30.1 Å². The molecule has 2 nitrogen and oxygen atoms in total. The van der Waals surface area contributed by atoms with E-state index in [9.17, 15) is 0 Å². The third-order valence-electron chi connectivity index (χ3n) is 4.33. The van der Waals surface area contributed by atoms with Crippen molar-refractivity contribution < 1.29 is 0 Å². The molecule has 0 spiro atoms. The van der Waals surface area contributed by atoms with Gasteiger partial charge in [0.15, 0.2) is 0 Å². The van der Waals surface area contributed by atoms with E-state index in [1.807, 2.05) is 12.1 Å². The molecule has 0 aliphatic carbocycles. The van der Waals surface area contributed by atoms with Gasteiger partial charge in [-0.1, -0.05) is 36.2 Å². The minimum atomic E-state index is 0.704. The molecule has 1 N–H and O–H groups in total. The second-order valence-corrected chi connectivity index (χ2v) is 5.88. The molecule has 2 heterocycles. The first-order valence-electron chi connectivity index (χ1n) is 7.05. The Morgan fingerprint density at radius 3 is 3.00 bits per heavy atom. The topological polar surface area (TPSA) is 15.3 Å². The van der Waals surface area contributed by atoms with Gasteiger partial charge in [0.1, 0.15) is 0 Å². The highest BCUT2D eigenvalue weighted by Crippen LogP contribution is 2.28. The normalized spacial score (nSPS) is 28.9. The second kappa shape index (κ2) is 5.60. The van der Waals surface area contributed by atoms with E-state index in [-0.39, 0.29) is 0 Å². The first-order valence-corrected chi connectivity index (χ1v) is 7.43. The number of hydrogen-bond donors (Lipinski definition) is 1. The summed E-state index contributed by atoms with van der Waals surface area (Å²) in [7, 11) is 0. The highest BCUT2D eigenvalue weighted by molar-refractivity contribution is 6.31. The van der Waals surface area contributed by atoms with Crippen LogP contribution in [0.15, 0.2) is 24.3 Å². The summed E-state index contributed by atoms with van der Waals surface area (Å²) in [5.74, 6) is 0. The maximum atomic E-state index is 6.27. The van der Waals surface area contributed by atoms with Crippen molar-refractivity contribution in [2.45, 2.75) is 44.3 Å². The minimum Gasteiger partial charge on any atom is -0.312 e. The van der Waals surface area contributed by atoms with Crippen LogP contribution in [-0.2, 0) is 6.54 Å². The van der Waals surface area contributed by atoms with Crippen molar-refractivity contribution in [2.24, 2.45) is 0 Å². The summed E-state index contributed by atoms with van der Waals surface area (Å²) < 4.78 is 0. The summed E-state index contributed by atoms with van der Waals surface area (Å²) in [5.41, 5.74) is 1.27. The molecular formula is C15H21ClN2. The van der Waals surface area contributed by atoms with E-state index in [0.717, 1.165) is 11.6 Å². The lowest BCUT2D eigenvalue weighted by Crippen LogP contribution is -2.40. The van der Waals surface area contributed by atoms with Gasteiger partial charge in [-0.15, -0.1) is 0 Å². The quantitative estimate of drug-likeness (QED) is 0.883. The fourth-order valence-corrected chi connectivity index (χ4v) is 3.54. The maximum Gasteiger partial charge on any atom is 0.0451 e. The van der Waals surface area contributed by atoms with Crippen LogP contribution in [0.4, 0.5) is 0 Å². The van der Waals surface area contributed by atoms with E-state index in [0.29, 0.717) is 12.1 Å². The Balaban J connectivity index is 1.71. The van der Waals surface area contributed by atoms with Gasteiger partial charge in [0.2, 0.25) is 0 Å². The van der Waals surface area contributed by atoms with Crippen LogP contribution in [0.3, 0.4) is 0 Å². The lowest BCUT2D eigenvalue weighted by atomic mass is 10.0. The standard InChI is InChI=1S/C15H21ClN2/c16-13-6-2-1-5-12(13)11-18-10-8-14-15(18)7-3-4-9-17-14/h1-2,5-6,14-15,17H,3-4,7-11H2/t14-,15-/m1/s1.